The summed E-state index contributed by atoms with van der Waals surface area (Å²) in [6.07, 6.45) is 2.10. The molecule has 1 aliphatic heterocycles. The number of hydrogen-bond donors (Lipinski definition) is 0. The smallest absolute Gasteiger partial charge is 0.231 e. The molecular formula is C22H27FO2. The van der Waals surface area contributed by atoms with Gasteiger partial charge in [0.2, 0.25) is 12.5 Å². The average molecular weight is 342 g/mol. The van der Waals surface area contributed by atoms with E-state index in [2.05, 4.69) is 52.0 Å². The van der Waals surface area contributed by atoms with E-state index in [1.165, 1.54) is 17.2 Å². The molecule has 0 saturated heterocycles. The molecule has 2 unspecified atom stereocenters. The summed E-state index contributed by atoms with van der Waals surface area (Å²) in [6, 6.07) is 12.3. The summed E-state index contributed by atoms with van der Waals surface area (Å²) in [7, 11) is 0. The maximum Gasteiger partial charge on any atom is 0.231 e. The quantitative estimate of drug-likeness (QED) is 0.607. The van der Waals surface area contributed by atoms with Crippen LogP contribution >= 0.6 is 0 Å². The lowest BCUT2D eigenvalue weighted by Gasteiger charge is -2.18. The molecule has 2 nitrogen and oxygen atoms in total. The van der Waals surface area contributed by atoms with E-state index in [-0.39, 0.29) is 18.4 Å². The molecule has 2 atom stereocenters. The van der Waals surface area contributed by atoms with Crippen LogP contribution in [0.25, 0.3) is 0 Å². The molecule has 1 aliphatic rings. The highest BCUT2D eigenvalue weighted by Gasteiger charge is 2.25. The van der Waals surface area contributed by atoms with Crippen LogP contribution in [0.2, 0.25) is 0 Å². The molecule has 25 heavy (non-hydrogen) atoms. The lowest BCUT2D eigenvalue weighted by atomic mass is 9.88. The van der Waals surface area contributed by atoms with Crippen LogP contribution in [0.5, 0.6) is 11.5 Å². The van der Waals surface area contributed by atoms with Crippen LogP contribution in [0, 0.1) is 5.82 Å². The highest BCUT2D eigenvalue weighted by atomic mass is 19.1. The molecule has 0 spiro atoms. The minimum absolute atomic E-state index is 0.106. The van der Waals surface area contributed by atoms with Gasteiger partial charge in [0.25, 0.3) is 0 Å². The average Bonchev–Trinajstić information content (AvgIpc) is 3.10. The number of benzene rings is 2. The van der Waals surface area contributed by atoms with Crippen LogP contribution in [0.4, 0.5) is 4.39 Å². The summed E-state index contributed by atoms with van der Waals surface area (Å²) in [6.45, 7) is 8.98. The molecular weight excluding hydrogens is 315 g/mol. The molecule has 2 aromatic rings. The molecule has 3 rings (SSSR count). The standard InChI is InChI=1S/C22H27FO2/c1-14(2)17-7-9-18(10-8-17)15(3)5-6-16(4)19-11-12-20(23)22-21(19)24-13-25-22/h7-12,14-16H,5-6,13H2,1-4H3. The number of hydrogen-bond acceptors (Lipinski definition) is 2. The second-order valence-electron chi connectivity index (χ2n) is 7.40. The normalized spacial score (nSPS) is 15.4. The molecule has 0 aliphatic carbocycles. The predicted molar refractivity (Wildman–Crippen MR) is 99.1 cm³/mol. The highest BCUT2D eigenvalue weighted by Crippen LogP contribution is 2.42. The van der Waals surface area contributed by atoms with Crippen LogP contribution in [0.3, 0.4) is 0 Å². The Morgan fingerprint density at radius 3 is 2.08 bits per heavy atom. The number of rotatable bonds is 6. The summed E-state index contributed by atoms with van der Waals surface area (Å²) >= 11 is 0. The fourth-order valence-corrected chi connectivity index (χ4v) is 3.40. The van der Waals surface area contributed by atoms with Gasteiger partial charge in [-0.2, -0.15) is 0 Å². The zero-order valence-corrected chi connectivity index (χ0v) is 15.5. The van der Waals surface area contributed by atoms with E-state index in [0.29, 0.717) is 23.5 Å². The van der Waals surface area contributed by atoms with Crippen LogP contribution in [-0.2, 0) is 0 Å². The van der Waals surface area contributed by atoms with Gasteiger partial charge in [0, 0.05) is 5.56 Å². The minimum Gasteiger partial charge on any atom is -0.453 e. The minimum atomic E-state index is -0.345. The molecule has 3 heteroatoms. The van der Waals surface area contributed by atoms with Gasteiger partial charge in [-0.05, 0) is 47.8 Å². The summed E-state index contributed by atoms with van der Waals surface area (Å²) in [5.41, 5.74) is 3.79. The lowest BCUT2D eigenvalue weighted by molar-refractivity contribution is 0.170. The number of ether oxygens (including phenoxy) is 2. The van der Waals surface area contributed by atoms with Gasteiger partial charge in [-0.15, -0.1) is 0 Å². The zero-order valence-electron chi connectivity index (χ0n) is 15.5. The van der Waals surface area contributed by atoms with Crippen molar-refractivity contribution < 1.29 is 13.9 Å². The van der Waals surface area contributed by atoms with Gasteiger partial charge in [-0.25, -0.2) is 4.39 Å². The van der Waals surface area contributed by atoms with E-state index >= 15 is 0 Å². The van der Waals surface area contributed by atoms with E-state index in [9.17, 15) is 4.39 Å². The van der Waals surface area contributed by atoms with E-state index in [1.807, 2.05) is 6.07 Å². The molecule has 0 N–H and O–H groups in total. The van der Waals surface area contributed by atoms with Crippen molar-refractivity contribution in [2.24, 2.45) is 0 Å². The van der Waals surface area contributed by atoms with Crippen molar-refractivity contribution in [3.8, 4) is 11.5 Å². The largest absolute Gasteiger partial charge is 0.453 e. The van der Waals surface area contributed by atoms with Gasteiger partial charge in [0.15, 0.2) is 11.6 Å². The van der Waals surface area contributed by atoms with Gasteiger partial charge in [-0.1, -0.05) is 58.0 Å². The third-order valence-corrected chi connectivity index (χ3v) is 5.24. The monoisotopic (exact) mass is 342 g/mol. The Morgan fingerprint density at radius 2 is 1.40 bits per heavy atom. The molecule has 0 aromatic heterocycles. The molecule has 0 fully saturated rings. The predicted octanol–water partition coefficient (Wildman–Crippen LogP) is 6.37. The fourth-order valence-electron chi connectivity index (χ4n) is 3.40. The maximum atomic E-state index is 13.8. The lowest BCUT2D eigenvalue weighted by Crippen LogP contribution is -2.01. The Kier molecular flexibility index (Phi) is 5.31. The Morgan fingerprint density at radius 1 is 0.800 bits per heavy atom. The van der Waals surface area contributed by atoms with Crippen LogP contribution in [0.15, 0.2) is 36.4 Å². The molecule has 0 radical (unpaired) electrons. The van der Waals surface area contributed by atoms with Crippen molar-refractivity contribution >= 4 is 0 Å². The summed E-state index contributed by atoms with van der Waals surface area (Å²) in [4.78, 5) is 0. The van der Waals surface area contributed by atoms with Gasteiger partial charge in [-0.3, -0.25) is 0 Å². The first-order valence-corrected chi connectivity index (χ1v) is 9.15. The molecule has 134 valence electrons. The van der Waals surface area contributed by atoms with Gasteiger partial charge in [0.1, 0.15) is 0 Å². The Balaban J connectivity index is 1.64. The van der Waals surface area contributed by atoms with Gasteiger partial charge in [0.05, 0.1) is 0 Å². The first kappa shape index (κ1) is 17.8. The Hall–Kier alpha value is -2.03. The SMILES string of the molecule is CC(C)c1ccc(C(C)CCC(C)c2ccc(F)c3c2OCO3)cc1. The first-order valence-electron chi connectivity index (χ1n) is 9.15. The molecule has 2 aromatic carbocycles. The third kappa shape index (κ3) is 3.81. The van der Waals surface area contributed by atoms with E-state index < -0.39 is 0 Å². The first-order chi connectivity index (χ1) is 12.0. The summed E-state index contributed by atoms with van der Waals surface area (Å²) in [5.74, 6) is 1.86. The topological polar surface area (TPSA) is 18.5 Å². The van der Waals surface area contributed by atoms with Gasteiger partial charge >= 0.3 is 0 Å². The fraction of sp³-hybridized carbons (Fsp3) is 0.455. The number of halogens is 1. The second kappa shape index (κ2) is 7.47. The molecule has 0 amide bonds. The molecule has 0 saturated carbocycles. The van der Waals surface area contributed by atoms with E-state index in [4.69, 9.17) is 9.47 Å². The van der Waals surface area contributed by atoms with Gasteiger partial charge < -0.3 is 9.47 Å². The van der Waals surface area contributed by atoms with E-state index in [1.54, 1.807) is 0 Å². The van der Waals surface area contributed by atoms with Crippen LogP contribution in [-0.4, -0.2) is 6.79 Å². The summed E-state index contributed by atoms with van der Waals surface area (Å²) < 4.78 is 24.5. The third-order valence-electron chi connectivity index (χ3n) is 5.24. The van der Waals surface area contributed by atoms with Crippen molar-refractivity contribution in [2.45, 2.75) is 58.3 Å². The van der Waals surface area contributed by atoms with Crippen molar-refractivity contribution in [1.29, 1.82) is 0 Å². The van der Waals surface area contributed by atoms with Crippen molar-refractivity contribution in [2.75, 3.05) is 6.79 Å². The second-order valence-corrected chi connectivity index (χ2v) is 7.40. The Bertz CT molecular complexity index is 722. The summed E-state index contributed by atoms with van der Waals surface area (Å²) in [5, 5.41) is 0. The maximum absolute atomic E-state index is 13.8. The molecule has 1 heterocycles. The zero-order chi connectivity index (χ0) is 18.0. The Labute approximate surface area is 150 Å². The van der Waals surface area contributed by atoms with Crippen LogP contribution in [0.1, 0.15) is 75.0 Å². The van der Waals surface area contributed by atoms with Crippen molar-refractivity contribution in [1.82, 2.24) is 0 Å². The molecule has 0 bridgehead atoms. The van der Waals surface area contributed by atoms with Crippen molar-refractivity contribution in [3.63, 3.8) is 0 Å². The van der Waals surface area contributed by atoms with E-state index in [0.717, 1.165) is 18.4 Å². The van der Waals surface area contributed by atoms with Crippen molar-refractivity contribution in [3.05, 3.63) is 58.9 Å². The van der Waals surface area contributed by atoms with Crippen LogP contribution < -0.4 is 9.47 Å². The number of fused-ring (bicyclic) bond motifs is 1. The highest BCUT2D eigenvalue weighted by molar-refractivity contribution is 5.50.